The largest absolute Gasteiger partial charge is 0.481 e. The van der Waals surface area contributed by atoms with Crippen LogP contribution in [-0.4, -0.2) is 70.1 Å². The van der Waals surface area contributed by atoms with E-state index in [-0.39, 0.29) is 23.3 Å². The number of thioether (sulfide) groups is 1. The van der Waals surface area contributed by atoms with Gasteiger partial charge in [0, 0.05) is 19.6 Å². The molecule has 1 fully saturated rings. The van der Waals surface area contributed by atoms with Gasteiger partial charge in [-0.2, -0.15) is 0 Å². The topological polar surface area (TPSA) is 107 Å². The maximum Gasteiger partial charge on any atom is 0.313 e. The Morgan fingerprint density at radius 2 is 2.17 bits per heavy atom. The van der Waals surface area contributed by atoms with Crippen molar-refractivity contribution in [1.29, 1.82) is 0 Å². The Bertz CT molecular complexity index is 336. The van der Waals surface area contributed by atoms with Crippen molar-refractivity contribution >= 4 is 29.5 Å². The third-order valence-electron chi connectivity index (χ3n) is 2.43. The number of nitrogens with one attached hydrogen (secondary N) is 1. The Morgan fingerprint density at radius 1 is 1.44 bits per heavy atom. The maximum absolute atomic E-state index is 11.3. The van der Waals surface area contributed by atoms with Crippen LogP contribution in [0.5, 0.6) is 0 Å². The molecule has 0 aromatic carbocycles. The number of aliphatic hydroxyl groups is 1. The number of nitrogens with zero attached hydrogens (tertiary/aromatic N) is 1. The van der Waals surface area contributed by atoms with Crippen LogP contribution < -0.4 is 5.32 Å². The molecule has 1 heterocycles. The van der Waals surface area contributed by atoms with Crippen LogP contribution in [0, 0.1) is 0 Å². The number of likely N-dealkylation sites (tertiary alicyclic amines) is 1. The van der Waals surface area contributed by atoms with E-state index in [1.165, 1.54) is 4.90 Å². The summed E-state index contributed by atoms with van der Waals surface area (Å²) in [7, 11) is 0. The number of hydrogen-bond acceptors (Lipinski definition) is 5. The number of rotatable bonds is 7. The quantitative estimate of drug-likeness (QED) is 0.523. The molecule has 1 aliphatic heterocycles. The molecule has 0 saturated carbocycles. The lowest BCUT2D eigenvalue weighted by Gasteiger charge is -2.15. The van der Waals surface area contributed by atoms with Gasteiger partial charge in [0.1, 0.15) is 6.10 Å². The summed E-state index contributed by atoms with van der Waals surface area (Å²) < 4.78 is 0. The lowest BCUT2D eigenvalue weighted by molar-refractivity contribution is -0.135. The first-order valence-corrected chi connectivity index (χ1v) is 6.69. The average Bonchev–Trinajstić information content (AvgIpc) is 2.60. The number of hydrogen-bond donors (Lipinski definition) is 3. The highest BCUT2D eigenvalue weighted by Gasteiger charge is 2.28. The molecular formula is C10H16N2O5S. The molecule has 7 nitrogen and oxygen atoms in total. The van der Waals surface area contributed by atoms with E-state index in [1.54, 1.807) is 0 Å². The number of carbonyl (C=O) groups is 3. The van der Waals surface area contributed by atoms with E-state index >= 15 is 0 Å². The van der Waals surface area contributed by atoms with E-state index < -0.39 is 12.1 Å². The van der Waals surface area contributed by atoms with Crippen LogP contribution in [0.15, 0.2) is 0 Å². The van der Waals surface area contributed by atoms with Gasteiger partial charge in [-0.05, 0) is 6.42 Å². The molecular weight excluding hydrogens is 260 g/mol. The second-order valence-corrected chi connectivity index (χ2v) is 4.85. The van der Waals surface area contributed by atoms with Crippen LogP contribution in [0.4, 0.5) is 0 Å². The molecule has 1 aliphatic rings. The highest BCUT2D eigenvalue weighted by Crippen LogP contribution is 2.09. The highest BCUT2D eigenvalue weighted by molar-refractivity contribution is 8.00. The van der Waals surface area contributed by atoms with Crippen LogP contribution in [0.1, 0.15) is 6.42 Å². The molecule has 0 radical (unpaired) electrons. The molecule has 1 rings (SSSR count). The summed E-state index contributed by atoms with van der Waals surface area (Å²) in [6, 6.07) is 0. The SMILES string of the molecule is O=C(O)CSCC(=O)NCCN1CC[C@H](O)C1=O. The fraction of sp³-hybridized carbons (Fsp3) is 0.700. The van der Waals surface area contributed by atoms with Gasteiger partial charge < -0.3 is 20.4 Å². The lowest BCUT2D eigenvalue weighted by atomic mass is 10.3. The summed E-state index contributed by atoms with van der Waals surface area (Å²) in [5, 5.41) is 20.2. The number of carbonyl (C=O) groups excluding carboxylic acids is 2. The Balaban J connectivity index is 2.09. The molecule has 0 unspecified atom stereocenters. The van der Waals surface area contributed by atoms with E-state index in [9.17, 15) is 19.5 Å². The van der Waals surface area contributed by atoms with Crippen molar-refractivity contribution in [2.45, 2.75) is 12.5 Å². The third-order valence-corrected chi connectivity index (χ3v) is 3.35. The minimum Gasteiger partial charge on any atom is -0.481 e. The van der Waals surface area contributed by atoms with Crippen LogP contribution >= 0.6 is 11.8 Å². The van der Waals surface area contributed by atoms with Gasteiger partial charge in [0.25, 0.3) is 5.91 Å². The number of amides is 2. The van der Waals surface area contributed by atoms with Gasteiger partial charge >= 0.3 is 5.97 Å². The Kier molecular flexibility index (Phi) is 5.93. The third kappa shape index (κ3) is 4.92. The standard InChI is InChI=1S/C10H16N2O5S/c13-7-1-3-12(10(7)17)4-2-11-8(14)5-18-6-9(15)16/h7,13H,1-6H2,(H,11,14)(H,15,16)/t7-/m0/s1. The summed E-state index contributed by atoms with van der Waals surface area (Å²) >= 11 is 1.02. The summed E-state index contributed by atoms with van der Waals surface area (Å²) in [4.78, 5) is 34.3. The van der Waals surface area contributed by atoms with Crippen molar-refractivity contribution < 1.29 is 24.6 Å². The summed E-state index contributed by atoms with van der Waals surface area (Å²) in [6.45, 7) is 1.18. The molecule has 0 aromatic heterocycles. The molecule has 2 amide bonds. The molecule has 102 valence electrons. The van der Waals surface area contributed by atoms with Crippen LogP contribution in [0.2, 0.25) is 0 Å². The van der Waals surface area contributed by atoms with Crippen molar-refractivity contribution in [3.63, 3.8) is 0 Å². The molecule has 0 bridgehead atoms. The van der Waals surface area contributed by atoms with Crippen LogP contribution in [0.25, 0.3) is 0 Å². The average molecular weight is 276 g/mol. The second kappa shape index (κ2) is 7.22. The molecule has 0 spiro atoms. The fourth-order valence-corrected chi connectivity index (χ4v) is 2.12. The number of aliphatic hydroxyl groups excluding tert-OH is 1. The molecule has 18 heavy (non-hydrogen) atoms. The van der Waals surface area contributed by atoms with E-state index in [1.807, 2.05) is 0 Å². The Labute approximate surface area is 109 Å². The number of carboxylic acids is 1. The first-order chi connectivity index (χ1) is 8.50. The Morgan fingerprint density at radius 3 is 2.72 bits per heavy atom. The van der Waals surface area contributed by atoms with Gasteiger partial charge in [-0.25, -0.2) is 0 Å². The fourth-order valence-electron chi connectivity index (χ4n) is 1.56. The van der Waals surface area contributed by atoms with Gasteiger partial charge in [-0.15, -0.1) is 11.8 Å². The van der Waals surface area contributed by atoms with Gasteiger partial charge in [-0.3, -0.25) is 14.4 Å². The molecule has 8 heteroatoms. The summed E-state index contributed by atoms with van der Waals surface area (Å²) in [5.41, 5.74) is 0. The maximum atomic E-state index is 11.3. The zero-order chi connectivity index (χ0) is 13.5. The minimum atomic E-state index is -0.954. The van der Waals surface area contributed by atoms with E-state index in [2.05, 4.69) is 5.32 Å². The van der Waals surface area contributed by atoms with Gasteiger partial charge in [-0.1, -0.05) is 0 Å². The van der Waals surface area contributed by atoms with E-state index in [0.717, 1.165) is 11.8 Å². The predicted octanol–water partition coefficient (Wildman–Crippen LogP) is -1.49. The van der Waals surface area contributed by atoms with Crippen molar-refractivity contribution in [3.8, 4) is 0 Å². The molecule has 0 aromatic rings. The molecule has 3 N–H and O–H groups in total. The molecule has 1 saturated heterocycles. The normalized spacial score (nSPS) is 19.1. The van der Waals surface area contributed by atoms with Crippen LogP contribution in [0.3, 0.4) is 0 Å². The lowest BCUT2D eigenvalue weighted by Crippen LogP contribution is -2.37. The predicted molar refractivity (Wildman–Crippen MR) is 65.2 cm³/mol. The van der Waals surface area contributed by atoms with E-state index in [4.69, 9.17) is 5.11 Å². The first kappa shape index (κ1) is 14.8. The van der Waals surface area contributed by atoms with Crippen molar-refractivity contribution in [1.82, 2.24) is 10.2 Å². The smallest absolute Gasteiger partial charge is 0.313 e. The second-order valence-electron chi connectivity index (χ2n) is 3.87. The summed E-state index contributed by atoms with van der Waals surface area (Å²) in [5.74, 6) is -1.53. The number of aliphatic carboxylic acids is 1. The monoisotopic (exact) mass is 276 g/mol. The van der Waals surface area contributed by atoms with Crippen molar-refractivity contribution in [2.75, 3.05) is 31.1 Å². The van der Waals surface area contributed by atoms with Crippen molar-refractivity contribution in [3.05, 3.63) is 0 Å². The Hall–Kier alpha value is -1.28. The van der Waals surface area contributed by atoms with Crippen molar-refractivity contribution in [2.24, 2.45) is 0 Å². The highest BCUT2D eigenvalue weighted by atomic mass is 32.2. The van der Waals surface area contributed by atoms with Gasteiger partial charge in [0.2, 0.25) is 5.91 Å². The molecule has 0 aliphatic carbocycles. The minimum absolute atomic E-state index is 0.0862. The van der Waals surface area contributed by atoms with E-state index in [0.29, 0.717) is 26.1 Å². The zero-order valence-corrected chi connectivity index (χ0v) is 10.6. The first-order valence-electron chi connectivity index (χ1n) is 5.54. The zero-order valence-electron chi connectivity index (χ0n) is 9.79. The summed E-state index contributed by atoms with van der Waals surface area (Å²) in [6.07, 6.45) is -0.479. The van der Waals surface area contributed by atoms with Gasteiger partial charge in [0.05, 0.1) is 11.5 Å². The van der Waals surface area contributed by atoms with Crippen LogP contribution in [-0.2, 0) is 14.4 Å². The number of carboxylic acid groups (broad SMARTS) is 1. The van der Waals surface area contributed by atoms with Gasteiger partial charge in [0.15, 0.2) is 0 Å². The molecule has 1 atom stereocenters.